The molecule has 28 heavy (non-hydrogen) atoms. The summed E-state index contributed by atoms with van der Waals surface area (Å²) in [7, 11) is 0. The topological polar surface area (TPSA) is 35.2 Å². The summed E-state index contributed by atoms with van der Waals surface area (Å²) in [5.74, 6) is 0.927. The highest BCUT2D eigenvalue weighted by Gasteiger charge is 2.14. The molecule has 0 radical (unpaired) electrons. The van der Waals surface area contributed by atoms with E-state index in [-0.39, 0.29) is 5.54 Å². The minimum atomic E-state index is -0.0781. The fourth-order valence-electron chi connectivity index (χ4n) is 3.14. The van der Waals surface area contributed by atoms with Crippen molar-refractivity contribution in [2.75, 3.05) is 6.61 Å². The van der Waals surface area contributed by atoms with Gasteiger partial charge in [-0.3, -0.25) is 0 Å². The highest BCUT2D eigenvalue weighted by atomic mass is 16.5. The van der Waals surface area contributed by atoms with Gasteiger partial charge < -0.3 is 10.5 Å². The molecule has 0 saturated heterocycles. The molecule has 0 amide bonds. The molecule has 0 aliphatic carbocycles. The first-order valence-electron chi connectivity index (χ1n) is 10.2. The van der Waals surface area contributed by atoms with Crippen LogP contribution in [0.3, 0.4) is 0 Å². The minimum absolute atomic E-state index is 0.0781. The Labute approximate surface area is 169 Å². The minimum Gasteiger partial charge on any atom is -0.493 e. The lowest BCUT2D eigenvalue weighted by Crippen LogP contribution is -2.35. The van der Waals surface area contributed by atoms with Crippen LogP contribution < -0.4 is 10.5 Å². The predicted octanol–water partition coefficient (Wildman–Crippen LogP) is 6.04. The molecule has 1 atom stereocenters. The Morgan fingerprint density at radius 3 is 1.96 bits per heavy atom. The second-order valence-corrected chi connectivity index (χ2v) is 7.81. The first kappa shape index (κ1) is 20.2. The van der Waals surface area contributed by atoms with Crippen LogP contribution in [0.2, 0.25) is 0 Å². The Hall–Kier alpha value is -2.58. The molecule has 0 aliphatic heterocycles. The van der Waals surface area contributed by atoms with Crippen LogP contribution in [-0.2, 0) is 12.8 Å². The molecular formula is C26H31NO. The Kier molecular flexibility index (Phi) is 6.89. The van der Waals surface area contributed by atoms with Gasteiger partial charge in [0, 0.05) is 12.0 Å². The van der Waals surface area contributed by atoms with E-state index in [9.17, 15) is 0 Å². The first-order valence-corrected chi connectivity index (χ1v) is 10.2. The second-order valence-electron chi connectivity index (χ2n) is 7.81. The highest BCUT2D eigenvalue weighted by Crippen LogP contribution is 2.20. The van der Waals surface area contributed by atoms with Gasteiger partial charge in [-0.05, 0) is 60.6 Å². The lowest BCUT2D eigenvalue weighted by Gasteiger charge is -2.22. The van der Waals surface area contributed by atoms with E-state index in [0.29, 0.717) is 6.61 Å². The van der Waals surface area contributed by atoms with Crippen LogP contribution >= 0.6 is 0 Å². The molecule has 0 bridgehead atoms. The van der Waals surface area contributed by atoms with Crippen LogP contribution in [-0.4, -0.2) is 12.1 Å². The summed E-state index contributed by atoms with van der Waals surface area (Å²) in [5.41, 5.74) is 11.3. The quantitative estimate of drug-likeness (QED) is 0.496. The van der Waals surface area contributed by atoms with E-state index in [1.54, 1.807) is 0 Å². The number of hydrogen-bond donors (Lipinski definition) is 1. The van der Waals surface area contributed by atoms with Crippen LogP contribution in [0.15, 0.2) is 78.9 Å². The zero-order valence-corrected chi connectivity index (χ0v) is 17.0. The fourth-order valence-corrected chi connectivity index (χ4v) is 3.14. The molecule has 0 unspecified atom stereocenters. The van der Waals surface area contributed by atoms with Crippen LogP contribution in [0.25, 0.3) is 11.1 Å². The van der Waals surface area contributed by atoms with Gasteiger partial charge in [-0.25, -0.2) is 0 Å². The summed E-state index contributed by atoms with van der Waals surface area (Å²) in [6.07, 6.45) is 3.91. The van der Waals surface area contributed by atoms with Crippen molar-refractivity contribution in [2.45, 2.75) is 45.1 Å². The normalized spacial score (nSPS) is 13.1. The first-order chi connectivity index (χ1) is 13.6. The van der Waals surface area contributed by atoms with Gasteiger partial charge in [0.25, 0.3) is 0 Å². The van der Waals surface area contributed by atoms with Gasteiger partial charge in [0.15, 0.2) is 0 Å². The molecule has 3 rings (SSSR count). The third kappa shape index (κ3) is 5.97. The summed E-state index contributed by atoms with van der Waals surface area (Å²) in [4.78, 5) is 0. The molecular weight excluding hydrogens is 342 g/mol. The SMILES string of the molecule is CC[C@](C)(N)CCc1ccc(OCCc2ccc(-c3ccccc3)cc2)cc1. The monoisotopic (exact) mass is 373 g/mol. The molecule has 3 aromatic rings. The molecule has 2 nitrogen and oxygen atoms in total. The smallest absolute Gasteiger partial charge is 0.119 e. The third-order valence-electron chi connectivity index (χ3n) is 5.44. The summed E-state index contributed by atoms with van der Waals surface area (Å²) >= 11 is 0. The van der Waals surface area contributed by atoms with Gasteiger partial charge in [-0.2, -0.15) is 0 Å². The zero-order valence-electron chi connectivity index (χ0n) is 17.0. The van der Waals surface area contributed by atoms with Gasteiger partial charge in [0.2, 0.25) is 0 Å². The van der Waals surface area contributed by atoms with E-state index in [1.165, 1.54) is 22.3 Å². The van der Waals surface area contributed by atoms with Crippen molar-refractivity contribution in [1.29, 1.82) is 0 Å². The van der Waals surface area contributed by atoms with E-state index < -0.39 is 0 Å². The highest BCUT2D eigenvalue weighted by molar-refractivity contribution is 5.63. The molecule has 0 aliphatic rings. The van der Waals surface area contributed by atoms with Crippen molar-refractivity contribution in [3.05, 3.63) is 90.0 Å². The van der Waals surface area contributed by atoms with Crippen LogP contribution in [0.1, 0.15) is 37.8 Å². The van der Waals surface area contributed by atoms with Crippen molar-refractivity contribution in [2.24, 2.45) is 5.73 Å². The number of benzene rings is 3. The Bertz CT molecular complexity index is 836. The largest absolute Gasteiger partial charge is 0.493 e. The van der Waals surface area contributed by atoms with Gasteiger partial charge >= 0.3 is 0 Å². The maximum Gasteiger partial charge on any atom is 0.119 e. The lowest BCUT2D eigenvalue weighted by atomic mass is 9.92. The number of aryl methyl sites for hydroxylation is 1. The zero-order chi connectivity index (χ0) is 19.8. The number of nitrogens with two attached hydrogens (primary N) is 1. The molecule has 0 heterocycles. The van der Waals surface area contributed by atoms with Crippen molar-refractivity contribution in [3.8, 4) is 16.9 Å². The Balaban J connectivity index is 1.46. The number of ether oxygens (including phenoxy) is 1. The van der Waals surface area contributed by atoms with Crippen molar-refractivity contribution < 1.29 is 4.74 Å². The molecule has 0 fully saturated rings. The van der Waals surface area contributed by atoms with Crippen LogP contribution in [0, 0.1) is 0 Å². The fraction of sp³-hybridized carbons (Fsp3) is 0.308. The van der Waals surface area contributed by atoms with Crippen molar-refractivity contribution in [1.82, 2.24) is 0 Å². The van der Waals surface area contributed by atoms with E-state index in [0.717, 1.165) is 31.4 Å². The molecule has 0 saturated carbocycles. The van der Waals surface area contributed by atoms with Gasteiger partial charge in [-0.1, -0.05) is 73.7 Å². The Morgan fingerprint density at radius 1 is 0.750 bits per heavy atom. The maximum absolute atomic E-state index is 6.23. The number of hydrogen-bond acceptors (Lipinski definition) is 2. The van der Waals surface area contributed by atoms with Gasteiger partial charge in [-0.15, -0.1) is 0 Å². The van der Waals surface area contributed by atoms with E-state index in [4.69, 9.17) is 10.5 Å². The molecule has 2 N–H and O–H groups in total. The predicted molar refractivity (Wildman–Crippen MR) is 119 cm³/mol. The second kappa shape index (κ2) is 9.57. The molecule has 0 aromatic heterocycles. The summed E-state index contributed by atoms with van der Waals surface area (Å²) in [5, 5.41) is 0. The van der Waals surface area contributed by atoms with Gasteiger partial charge in [0.05, 0.1) is 6.61 Å². The van der Waals surface area contributed by atoms with Crippen molar-refractivity contribution >= 4 is 0 Å². The van der Waals surface area contributed by atoms with Crippen LogP contribution in [0.5, 0.6) is 5.75 Å². The Morgan fingerprint density at radius 2 is 1.32 bits per heavy atom. The summed E-state index contributed by atoms with van der Waals surface area (Å²) in [6, 6.07) is 27.6. The molecule has 146 valence electrons. The average Bonchev–Trinajstić information content (AvgIpc) is 2.74. The van der Waals surface area contributed by atoms with E-state index in [1.807, 2.05) is 6.07 Å². The van der Waals surface area contributed by atoms with Crippen molar-refractivity contribution in [3.63, 3.8) is 0 Å². The van der Waals surface area contributed by atoms with E-state index in [2.05, 4.69) is 86.6 Å². The van der Waals surface area contributed by atoms with Gasteiger partial charge in [0.1, 0.15) is 5.75 Å². The summed E-state index contributed by atoms with van der Waals surface area (Å²) < 4.78 is 5.92. The third-order valence-corrected chi connectivity index (χ3v) is 5.44. The molecule has 3 aromatic carbocycles. The average molecular weight is 374 g/mol. The molecule has 2 heteroatoms. The lowest BCUT2D eigenvalue weighted by molar-refractivity contribution is 0.322. The summed E-state index contributed by atoms with van der Waals surface area (Å²) in [6.45, 7) is 4.95. The standard InChI is InChI=1S/C26H31NO/c1-3-26(2,27)19-17-21-11-15-25(16-12-21)28-20-18-22-9-13-24(14-10-22)23-7-5-4-6-8-23/h4-16H,3,17-20,27H2,1-2H3/t26-/m0/s1. The van der Waals surface area contributed by atoms with Crippen LogP contribution in [0.4, 0.5) is 0 Å². The number of rotatable bonds is 9. The van der Waals surface area contributed by atoms with E-state index >= 15 is 0 Å². The maximum atomic E-state index is 6.23. The molecule has 0 spiro atoms.